The Morgan fingerprint density at radius 3 is 2.67 bits per heavy atom. The van der Waals surface area contributed by atoms with Crippen LogP contribution in [0.5, 0.6) is 0 Å². The minimum absolute atomic E-state index is 0.0628. The predicted molar refractivity (Wildman–Crippen MR) is 94.8 cm³/mol. The van der Waals surface area contributed by atoms with Gasteiger partial charge in [-0.25, -0.2) is 4.68 Å². The normalized spacial score (nSPS) is 10.8. The molecule has 1 amide bonds. The van der Waals surface area contributed by atoms with Gasteiger partial charge in [0.2, 0.25) is 0 Å². The van der Waals surface area contributed by atoms with Crippen LogP contribution in [0.1, 0.15) is 40.4 Å². The van der Waals surface area contributed by atoms with Crippen LogP contribution in [0, 0.1) is 0 Å². The molecule has 0 aliphatic heterocycles. The molecule has 7 heteroatoms. The van der Waals surface area contributed by atoms with E-state index in [1.165, 1.54) is 16.8 Å². The number of tetrazole rings is 1. The molecule has 0 bridgehead atoms. The third-order valence-corrected chi connectivity index (χ3v) is 4.95. The van der Waals surface area contributed by atoms with Crippen molar-refractivity contribution in [1.82, 2.24) is 20.2 Å². The molecule has 2 aromatic heterocycles. The first-order valence-corrected chi connectivity index (χ1v) is 8.79. The maximum atomic E-state index is 12.5. The third-order valence-electron chi connectivity index (χ3n) is 3.72. The molecule has 0 aliphatic carbocycles. The van der Waals surface area contributed by atoms with Crippen molar-refractivity contribution in [2.45, 2.75) is 33.1 Å². The summed E-state index contributed by atoms with van der Waals surface area (Å²) < 4.78 is 1.56. The number of carbonyl (C=O) groups is 1. The molecule has 0 unspecified atom stereocenters. The fourth-order valence-corrected chi connectivity index (χ4v) is 3.74. The minimum atomic E-state index is -0.0628. The Labute approximate surface area is 144 Å². The number of carbonyl (C=O) groups excluding carboxylic acids is 1. The first kappa shape index (κ1) is 16.3. The third kappa shape index (κ3) is 3.51. The van der Waals surface area contributed by atoms with Crippen LogP contribution in [0.2, 0.25) is 0 Å². The standard InChI is InChI=1S/C17H19N5OS/c1-3-5-15-12(4-2)10-16(24-15)17(23)19-13-6-8-14(9-7-13)22-11-18-20-21-22/h6-11H,3-5H2,1-2H3,(H,19,23). The maximum absolute atomic E-state index is 12.5. The van der Waals surface area contributed by atoms with E-state index in [2.05, 4.69) is 34.7 Å². The van der Waals surface area contributed by atoms with E-state index in [-0.39, 0.29) is 5.91 Å². The molecule has 6 nitrogen and oxygen atoms in total. The van der Waals surface area contributed by atoms with E-state index in [1.54, 1.807) is 16.0 Å². The zero-order chi connectivity index (χ0) is 16.9. The average molecular weight is 341 g/mol. The summed E-state index contributed by atoms with van der Waals surface area (Å²) in [7, 11) is 0. The molecule has 0 spiro atoms. The molecule has 0 fully saturated rings. The van der Waals surface area contributed by atoms with E-state index in [1.807, 2.05) is 30.3 Å². The number of hydrogen-bond donors (Lipinski definition) is 1. The van der Waals surface area contributed by atoms with Crippen LogP contribution in [-0.4, -0.2) is 26.1 Å². The summed E-state index contributed by atoms with van der Waals surface area (Å²) in [4.78, 5) is 14.6. The minimum Gasteiger partial charge on any atom is -0.321 e. The molecule has 1 aromatic carbocycles. The van der Waals surface area contributed by atoms with Gasteiger partial charge in [0.05, 0.1) is 10.6 Å². The molecule has 0 aliphatic rings. The summed E-state index contributed by atoms with van der Waals surface area (Å²) >= 11 is 1.59. The van der Waals surface area contributed by atoms with Crippen LogP contribution in [0.3, 0.4) is 0 Å². The van der Waals surface area contributed by atoms with Crippen LogP contribution >= 0.6 is 11.3 Å². The molecule has 0 saturated carbocycles. The molecule has 24 heavy (non-hydrogen) atoms. The van der Waals surface area contributed by atoms with E-state index in [4.69, 9.17) is 0 Å². The first-order valence-electron chi connectivity index (χ1n) is 7.97. The highest BCUT2D eigenvalue weighted by molar-refractivity contribution is 7.14. The van der Waals surface area contributed by atoms with Crippen molar-refractivity contribution in [1.29, 1.82) is 0 Å². The molecule has 0 saturated heterocycles. The van der Waals surface area contributed by atoms with Crippen molar-refractivity contribution in [2.75, 3.05) is 5.32 Å². The van der Waals surface area contributed by atoms with Crippen LogP contribution < -0.4 is 5.32 Å². The molecule has 0 radical (unpaired) electrons. The van der Waals surface area contributed by atoms with Gasteiger partial charge in [-0.05, 0) is 59.2 Å². The number of benzene rings is 1. The fraction of sp³-hybridized carbons (Fsp3) is 0.294. The lowest BCUT2D eigenvalue weighted by molar-refractivity contribution is 0.103. The average Bonchev–Trinajstić information content (AvgIpc) is 3.25. The summed E-state index contributed by atoms with van der Waals surface area (Å²) in [6.45, 7) is 4.28. The topological polar surface area (TPSA) is 72.7 Å². The second-order valence-electron chi connectivity index (χ2n) is 5.42. The van der Waals surface area contributed by atoms with E-state index >= 15 is 0 Å². The highest BCUT2D eigenvalue weighted by atomic mass is 32.1. The second kappa shape index (κ2) is 7.35. The number of anilines is 1. The van der Waals surface area contributed by atoms with Gasteiger partial charge < -0.3 is 5.32 Å². The SMILES string of the molecule is CCCc1sc(C(=O)Nc2ccc(-n3cnnn3)cc2)cc1CC. The Morgan fingerprint density at radius 1 is 1.25 bits per heavy atom. The molecule has 2 heterocycles. The molecule has 3 rings (SSSR count). The Hall–Kier alpha value is -2.54. The van der Waals surface area contributed by atoms with Crippen LogP contribution in [-0.2, 0) is 12.8 Å². The zero-order valence-electron chi connectivity index (χ0n) is 13.7. The van der Waals surface area contributed by atoms with E-state index in [9.17, 15) is 4.79 Å². The van der Waals surface area contributed by atoms with Gasteiger partial charge in [-0.1, -0.05) is 20.3 Å². The van der Waals surface area contributed by atoms with Gasteiger partial charge in [-0.3, -0.25) is 4.79 Å². The second-order valence-corrected chi connectivity index (χ2v) is 6.55. The number of nitrogens with zero attached hydrogens (tertiary/aromatic N) is 4. The van der Waals surface area contributed by atoms with Gasteiger partial charge in [0, 0.05) is 10.6 Å². The molecule has 124 valence electrons. The van der Waals surface area contributed by atoms with E-state index < -0.39 is 0 Å². The van der Waals surface area contributed by atoms with Crippen molar-refractivity contribution in [2.24, 2.45) is 0 Å². The number of amides is 1. The van der Waals surface area contributed by atoms with Crippen molar-refractivity contribution < 1.29 is 4.79 Å². The van der Waals surface area contributed by atoms with Crippen LogP contribution in [0.25, 0.3) is 5.69 Å². The van der Waals surface area contributed by atoms with E-state index in [0.717, 1.165) is 35.5 Å². The highest BCUT2D eigenvalue weighted by Crippen LogP contribution is 2.25. The number of aryl methyl sites for hydroxylation is 2. The van der Waals surface area contributed by atoms with Gasteiger partial charge in [-0.15, -0.1) is 16.4 Å². The number of thiophene rings is 1. The molecule has 1 N–H and O–H groups in total. The lowest BCUT2D eigenvalue weighted by Gasteiger charge is -2.05. The van der Waals surface area contributed by atoms with Crippen molar-refractivity contribution >= 4 is 22.9 Å². The van der Waals surface area contributed by atoms with Crippen molar-refractivity contribution in [3.8, 4) is 5.69 Å². The molecule has 3 aromatic rings. The fourth-order valence-electron chi connectivity index (χ4n) is 2.49. The number of rotatable bonds is 6. The van der Waals surface area contributed by atoms with Crippen molar-refractivity contribution in [3.05, 3.63) is 52.0 Å². The zero-order valence-corrected chi connectivity index (χ0v) is 14.5. The Bertz CT molecular complexity index is 808. The summed E-state index contributed by atoms with van der Waals surface area (Å²) in [6, 6.07) is 9.42. The van der Waals surface area contributed by atoms with Crippen LogP contribution in [0.15, 0.2) is 36.7 Å². The lowest BCUT2D eigenvalue weighted by Crippen LogP contribution is -2.10. The summed E-state index contributed by atoms with van der Waals surface area (Å²) in [5, 5.41) is 14.0. The smallest absolute Gasteiger partial charge is 0.265 e. The highest BCUT2D eigenvalue weighted by Gasteiger charge is 2.13. The van der Waals surface area contributed by atoms with Gasteiger partial charge in [-0.2, -0.15) is 0 Å². The lowest BCUT2D eigenvalue weighted by atomic mass is 10.1. The summed E-state index contributed by atoms with van der Waals surface area (Å²) in [6.07, 6.45) is 4.61. The largest absolute Gasteiger partial charge is 0.321 e. The summed E-state index contributed by atoms with van der Waals surface area (Å²) in [5.74, 6) is -0.0628. The number of nitrogens with one attached hydrogen (secondary N) is 1. The van der Waals surface area contributed by atoms with Gasteiger partial charge in [0.1, 0.15) is 6.33 Å². The molecular formula is C17H19N5OS. The quantitative estimate of drug-likeness (QED) is 0.745. The Kier molecular flexibility index (Phi) is 5.00. The van der Waals surface area contributed by atoms with Gasteiger partial charge >= 0.3 is 0 Å². The van der Waals surface area contributed by atoms with Gasteiger partial charge in [0.25, 0.3) is 5.91 Å². The number of aromatic nitrogens is 4. The Morgan fingerprint density at radius 2 is 2.04 bits per heavy atom. The monoisotopic (exact) mass is 341 g/mol. The van der Waals surface area contributed by atoms with E-state index in [0.29, 0.717) is 0 Å². The summed E-state index contributed by atoms with van der Waals surface area (Å²) in [5.41, 5.74) is 2.87. The molecule has 0 atom stereocenters. The maximum Gasteiger partial charge on any atom is 0.265 e. The molecular weight excluding hydrogens is 322 g/mol. The Balaban J connectivity index is 1.72. The first-order chi connectivity index (χ1) is 11.7. The predicted octanol–water partition coefficient (Wildman–Crippen LogP) is 3.49. The van der Waals surface area contributed by atoms with Crippen LogP contribution in [0.4, 0.5) is 5.69 Å². The van der Waals surface area contributed by atoms with Gasteiger partial charge in [0.15, 0.2) is 0 Å². The van der Waals surface area contributed by atoms with Crippen molar-refractivity contribution in [3.63, 3.8) is 0 Å². The number of hydrogen-bond acceptors (Lipinski definition) is 5.